The Labute approximate surface area is 165 Å². The van der Waals surface area contributed by atoms with Gasteiger partial charge in [-0.15, -0.1) is 0 Å². The first kappa shape index (κ1) is 19.6. The van der Waals surface area contributed by atoms with Crippen LogP contribution in [0.15, 0.2) is 47.0 Å². The molecule has 6 heteroatoms. The van der Waals surface area contributed by atoms with E-state index in [1.807, 2.05) is 63.2 Å². The summed E-state index contributed by atoms with van der Waals surface area (Å²) in [6.07, 6.45) is -0.619. The van der Waals surface area contributed by atoms with Crippen molar-refractivity contribution < 1.29 is 14.1 Å². The molecule has 0 bridgehead atoms. The lowest BCUT2D eigenvalue weighted by Gasteiger charge is -2.21. The first-order valence-corrected chi connectivity index (χ1v) is 9.22. The molecule has 2 aromatic carbocycles. The summed E-state index contributed by atoms with van der Waals surface area (Å²) in [5.41, 5.74) is 4.35. The molecule has 1 atom stereocenters. The molecule has 0 aliphatic rings. The van der Waals surface area contributed by atoms with E-state index in [2.05, 4.69) is 10.1 Å². The molecule has 0 fully saturated rings. The number of nitrogens with zero attached hydrogens (tertiary/aromatic N) is 3. The van der Waals surface area contributed by atoms with Crippen LogP contribution in [0.2, 0.25) is 0 Å². The molecule has 0 spiro atoms. The van der Waals surface area contributed by atoms with Gasteiger partial charge in [0.25, 0.3) is 5.91 Å². The van der Waals surface area contributed by atoms with Crippen LogP contribution >= 0.6 is 0 Å². The third kappa shape index (κ3) is 4.57. The second kappa shape index (κ2) is 8.25. The average molecular weight is 379 g/mol. The van der Waals surface area contributed by atoms with Gasteiger partial charge in [0.05, 0.1) is 6.54 Å². The zero-order valence-electron chi connectivity index (χ0n) is 16.9. The molecular formula is C22H25N3O3. The molecule has 3 aromatic rings. The summed E-state index contributed by atoms with van der Waals surface area (Å²) in [6.45, 7) is 8.03. The maximum absolute atomic E-state index is 12.6. The van der Waals surface area contributed by atoms with Crippen LogP contribution < -0.4 is 4.74 Å². The van der Waals surface area contributed by atoms with Crippen molar-refractivity contribution in [2.24, 2.45) is 0 Å². The van der Waals surface area contributed by atoms with Crippen LogP contribution in [-0.4, -0.2) is 34.1 Å². The number of benzene rings is 2. The molecule has 0 saturated heterocycles. The van der Waals surface area contributed by atoms with E-state index in [1.54, 1.807) is 14.0 Å². The molecule has 0 saturated carbocycles. The van der Waals surface area contributed by atoms with Gasteiger partial charge in [-0.05, 0) is 51.0 Å². The molecule has 146 valence electrons. The number of aryl methyl sites for hydroxylation is 3. The number of amides is 1. The van der Waals surface area contributed by atoms with Gasteiger partial charge in [-0.1, -0.05) is 41.1 Å². The highest BCUT2D eigenvalue weighted by atomic mass is 16.5. The van der Waals surface area contributed by atoms with Crippen molar-refractivity contribution in [2.45, 2.75) is 40.3 Å². The minimum absolute atomic E-state index is 0.159. The SMILES string of the molecule is Cc1ccc(-c2noc(CN(C)C(=O)[C@H](C)Oc3ccc(C)c(C)c3)n2)cc1. The normalized spacial score (nSPS) is 11.9. The molecule has 0 N–H and O–H groups in total. The number of hydrogen-bond acceptors (Lipinski definition) is 5. The van der Waals surface area contributed by atoms with E-state index in [0.717, 1.165) is 16.7 Å². The summed E-state index contributed by atoms with van der Waals surface area (Å²) in [6, 6.07) is 13.7. The van der Waals surface area contributed by atoms with Gasteiger partial charge >= 0.3 is 0 Å². The third-order valence-electron chi connectivity index (χ3n) is 4.67. The van der Waals surface area contributed by atoms with Crippen molar-refractivity contribution in [3.05, 3.63) is 65.0 Å². The van der Waals surface area contributed by atoms with Crippen LogP contribution in [0, 0.1) is 20.8 Å². The summed E-state index contributed by atoms with van der Waals surface area (Å²) in [7, 11) is 1.69. The van der Waals surface area contributed by atoms with E-state index in [9.17, 15) is 4.79 Å². The highest BCUT2D eigenvalue weighted by Gasteiger charge is 2.21. The van der Waals surface area contributed by atoms with Crippen molar-refractivity contribution in [3.63, 3.8) is 0 Å². The Morgan fingerprint density at radius 3 is 2.50 bits per heavy atom. The lowest BCUT2D eigenvalue weighted by atomic mass is 10.1. The number of aromatic nitrogens is 2. The monoisotopic (exact) mass is 379 g/mol. The minimum Gasteiger partial charge on any atom is -0.481 e. The van der Waals surface area contributed by atoms with Gasteiger partial charge in [-0.25, -0.2) is 0 Å². The molecule has 28 heavy (non-hydrogen) atoms. The number of rotatable bonds is 6. The Morgan fingerprint density at radius 2 is 1.82 bits per heavy atom. The standard InChI is InChI=1S/C22H25N3O3/c1-14-6-9-18(10-7-14)21-23-20(28-24-21)13-25(5)22(26)17(4)27-19-11-8-15(2)16(3)12-19/h6-12,17H,13H2,1-5H3/t17-/m0/s1. The lowest BCUT2D eigenvalue weighted by Crippen LogP contribution is -2.37. The number of likely N-dealkylation sites (N-methyl/N-ethyl adjacent to an activating group) is 1. The van der Waals surface area contributed by atoms with Crippen LogP contribution in [0.1, 0.15) is 29.5 Å². The van der Waals surface area contributed by atoms with Crippen molar-refractivity contribution in [1.29, 1.82) is 0 Å². The molecule has 0 radical (unpaired) electrons. The van der Waals surface area contributed by atoms with Crippen molar-refractivity contribution >= 4 is 5.91 Å². The van der Waals surface area contributed by atoms with Gasteiger partial charge in [0, 0.05) is 12.6 Å². The number of ether oxygens (including phenoxy) is 1. The van der Waals surface area contributed by atoms with E-state index in [1.165, 1.54) is 10.5 Å². The predicted octanol–water partition coefficient (Wildman–Crippen LogP) is 4.09. The van der Waals surface area contributed by atoms with E-state index in [0.29, 0.717) is 17.5 Å². The highest BCUT2D eigenvalue weighted by Crippen LogP contribution is 2.19. The number of carbonyl (C=O) groups excluding carboxylic acids is 1. The van der Waals surface area contributed by atoms with Gasteiger partial charge < -0.3 is 14.2 Å². The van der Waals surface area contributed by atoms with E-state index < -0.39 is 6.10 Å². The van der Waals surface area contributed by atoms with Gasteiger partial charge in [0.2, 0.25) is 11.7 Å². The Hall–Kier alpha value is -3.15. The van der Waals surface area contributed by atoms with Gasteiger partial charge in [0.1, 0.15) is 5.75 Å². The highest BCUT2D eigenvalue weighted by molar-refractivity contribution is 5.80. The first-order chi connectivity index (χ1) is 13.3. The Kier molecular flexibility index (Phi) is 5.78. The Morgan fingerprint density at radius 1 is 1.11 bits per heavy atom. The summed E-state index contributed by atoms with van der Waals surface area (Å²) < 4.78 is 11.1. The van der Waals surface area contributed by atoms with Crippen LogP contribution in [-0.2, 0) is 11.3 Å². The number of hydrogen-bond donors (Lipinski definition) is 0. The first-order valence-electron chi connectivity index (χ1n) is 9.22. The smallest absolute Gasteiger partial charge is 0.263 e. The van der Waals surface area contributed by atoms with Gasteiger partial charge in [-0.2, -0.15) is 4.98 Å². The van der Waals surface area contributed by atoms with Gasteiger partial charge in [-0.3, -0.25) is 4.79 Å². The van der Waals surface area contributed by atoms with Crippen molar-refractivity contribution in [3.8, 4) is 17.1 Å². The third-order valence-corrected chi connectivity index (χ3v) is 4.67. The minimum atomic E-state index is -0.619. The molecule has 0 unspecified atom stereocenters. The molecule has 0 aliphatic heterocycles. The fraction of sp³-hybridized carbons (Fsp3) is 0.318. The lowest BCUT2D eigenvalue weighted by molar-refractivity contribution is -0.137. The molecule has 1 aromatic heterocycles. The largest absolute Gasteiger partial charge is 0.481 e. The Bertz CT molecular complexity index is 963. The zero-order chi connectivity index (χ0) is 20.3. The van der Waals surface area contributed by atoms with Gasteiger partial charge in [0.15, 0.2) is 6.10 Å². The van der Waals surface area contributed by atoms with E-state index in [-0.39, 0.29) is 12.5 Å². The van der Waals surface area contributed by atoms with Crippen LogP contribution in [0.4, 0.5) is 0 Å². The predicted molar refractivity (Wildman–Crippen MR) is 107 cm³/mol. The maximum Gasteiger partial charge on any atom is 0.263 e. The quantitative estimate of drug-likeness (QED) is 0.645. The molecule has 3 rings (SSSR count). The van der Waals surface area contributed by atoms with E-state index in [4.69, 9.17) is 9.26 Å². The van der Waals surface area contributed by atoms with Crippen molar-refractivity contribution in [2.75, 3.05) is 7.05 Å². The maximum atomic E-state index is 12.6. The summed E-state index contributed by atoms with van der Waals surface area (Å²) in [5, 5.41) is 4.00. The Balaban J connectivity index is 1.62. The van der Waals surface area contributed by atoms with Crippen molar-refractivity contribution in [1.82, 2.24) is 15.0 Å². The second-order valence-corrected chi connectivity index (χ2v) is 7.08. The van der Waals surface area contributed by atoms with Crippen LogP contribution in [0.5, 0.6) is 5.75 Å². The molecule has 6 nitrogen and oxygen atoms in total. The summed E-state index contributed by atoms with van der Waals surface area (Å²) in [4.78, 5) is 18.5. The summed E-state index contributed by atoms with van der Waals surface area (Å²) in [5.74, 6) is 1.41. The topological polar surface area (TPSA) is 68.5 Å². The van der Waals surface area contributed by atoms with Crippen LogP contribution in [0.25, 0.3) is 11.4 Å². The fourth-order valence-electron chi connectivity index (χ4n) is 2.77. The molecule has 1 amide bonds. The summed E-state index contributed by atoms with van der Waals surface area (Å²) >= 11 is 0. The zero-order valence-corrected chi connectivity index (χ0v) is 16.9. The molecular weight excluding hydrogens is 354 g/mol. The van der Waals surface area contributed by atoms with Crippen LogP contribution in [0.3, 0.4) is 0 Å². The fourth-order valence-corrected chi connectivity index (χ4v) is 2.77. The molecule has 0 aliphatic carbocycles. The number of carbonyl (C=O) groups is 1. The average Bonchev–Trinajstić information content (AvgIpc) is 3.13. The second-order valence-electron chi connectivity index (χ2n) is 7.08. The molecule has 1 heterocycles. The van der Waals surface area contributed by atoms with E-state index >= 15 is 0 Å².